The van der Waals surface area contributed by atoms with Crippen molar-refractivity contribution in [3.05, 3.63) is 77.3 Å². The van der Waals surface area contributed by atoms with Crippen LogP contribution in [-0.4, -0.2) is 18.0 Å². The normalized spacial score (nSPS) is 12.9. The molecule has 124 valence electrons. The van der Waals surface area contributed by atoms with Gasteiger partial charge in [0.2, 0.25) is 10.0 Å². The van der Waals surface area contributed by atoms with Crippen molar-refractivity contribution in [2.24, 2.45) is 0 Å². The maximum Gasteiger partial charge on any atom is 0.241 e. The molecule has 2 aromatic carbocycles. The van der Waals surface area contributed by atoms with Crippen LogP contribution in [-0.2, 0) is 10.0 Å². The summed E-state index contributed by atoms with van der Waals surface area (Å²) in [6.45, 7) is 1.82. The molecule has 0 amide bonds. The number of hydrogen-bond donors (Lipinski definition) is 1. The molecular formula is C17H16BrN3O2S. The van der Waals surface area contributed by atoms with Crippen molar-refractivity contribution in [2.45, 2.75) is 17.9 Å². The molecule has 24 heavy (non-hydrogen) atoms. The Hall–Kier alpha value is -1.96. The van der Waals surface area contributed by atoms with Crippen LogP contribution in [0.2, 0.25) is 0 Å². The Morgan fingerprint density at radius 2 is 1.92 bits per heavy atom. The van der Waals surface area contributed by atoms with Gasteiger partial charge in [0, 0.05) is 28.6 Å². The lowest BCUT2D eigenvalue weighted by molar-refractivity contribution is 0.567. The minimum Gasteiger partial charge on any atom is -0.306 e. The zero-order valence-electron chi connectivity index (χ0n) is 12.9. The summed E-state index contributed by atoms with van der Waals surface area (Å²) in [6, 6.07) is 14.0. The fourth-order valence-electron chi connectivity index (χ4n) is 2.35. The highest BCUT2D eigenvalue weighted by Gasteiger charge is 2.18. The molecule has 3 aromatic rings. The molecule has 0 saturated heterocycles. The summed E-state index contributed by atoms with van der Waals surface area (Å²) in [5.41, 5.74) is 1.86. The quantitative estimate of drug-likeness (QED) is 0.703. The summed E-state index contributed by atoms with van der Waals surface area (Å²) >= 11 is 3.29. The monoisotopic (exact) mass is 405 g/mol. The van der Waals surface area contributed by atoms with Gasteiger partial charge in [0.1, 0.15) is 0 Å². The number of nitrogens with one attached hydrogen (secondary N) is 1. The SMILES string of the molecule is C[C@@H](NS(=O)(=O)c1cccc(Br)c1)c1ccc(-n2ccnc2)cc1. The lowest BCUT2D eigenvalue weighted by Gasteiger charge is -2.15. The van der Waals surface area contributed by atoms with E-state index in [-0.39, 0.29) is 10.9 Å². The van der Waals surface area contributed by atoms with Gasteiger partial charge in [-0.1, -0.05) is 34.1 Å². The molecule has 0 aliphatic rings. The smallest absolute Gasteiger partial charge is 0.241 e. The first-order valence-corrected chi connectivity index (χ1v) is 9.59. The molecule has 0 aliphatic carbocycles. The van der Waals surface area contributed by atoms with Crippen LogP contribution < -0.4 is 4.72 Å². The first-order chi connectivity index (χ1) is 11.5. The van der Waals surface area contributed by atoms with Crippen LogP contribution in [0.25, 0.3) is 5.69 Å². The second-order valence-corrected chi connectivity index (χ2v) is 7.99. The van der Waals surface area contributed by atoms with Crippen LogP contribution in [0.1, 0.15) is 18.5 Å². The third-order valence-corrected chi connectivity index (χ3v) is 5.67. The summed E-state index contributed by atoms with van der Waals surface area (Å²) in [5.74, 6) is 0. The van der Waals surface area contributed by atoms with Gasteiger partial charge in [0.25, 0.3) is 0 Å². The topological polar surface area (TPSA) is 64.0 Å². The first-order valence-electron chi connectivity index (χ1n) is 7.32. The number of benzene rings is 2. The van der Waals surface area contributed by atoms with Crippen molar-refractivity contribution in [1.82, 2.24) is 14.3 Å². The van der Waals surface area contributed by atoms with E-state index in [1.807, 2.05) is 42.0 Å². The number of sulfonamides is 1. The van der Waals surface area contributed by atoms with E-state index < -0.39 is 10.0 Å². The van der Waals surface area contributed by atoms with Crippen LogP contribution in [0.3, 0.4) is 0 Å². The fraction of sp³-hybridized carbons (Fsp3) is 0.118. The summed E-state index contributed by atoms with van der Waals surface area (Å²) in [5, 5.41) is 0. The fourth-order valence-corrected chi connectivity index (χ4v) is 4.18. The number of halogens is 1. The lowest BCUT2D eigenvalue weighted by atomic mass is 10.1. The highest BCUT2D eigenvalue weighted by atomic mass is 79.9. The Morgan fingerprint density at radius 3 is 2.54 bits per heavy atom. The second-order valence-electron chi connectivity index (χ2n) is 5.36. The predicted molar refractivity (Wildman–Crippen MR) is 96.4 cm³/mol. The van der Waals surface area contributed by atoms with Crippen molar-refractivity contribution >= 4 is 26.0 Å². The third-order valence-electron chi connectivity index (χ3n) is 3.63. The van der Waals surface area contributed by atoms with Crippen LogP contribution in [0, 0.1) is 0 Å². The number of hydrogen-bond acceptors (Lipinski definition) is 3. The Bertz CT molecular complexity index is 923. The van der Waals surface area contributed by atoms with Gasteiger partial charge in [-0.2, -0.15) is 0 Å². The van der Waals surface area contributed by atoms with Gasteiger partial charge in [-0.3, -0.25) is 0 Å². The van der Waals surface area contributed by atoms with Gasteiger partial charge in [0.15, 0.2) is 0 Å². The van der Waals surface area contributed by atoms with Crippen molar-refractivity contribution in [1.29, 1.82) is 0 Å². The molecule has 0 aliphatic heterocycles. The molecule has 0 radical (unpaired) electrons. The van der Waals surface area contributed by atoms with Crippen LogP contribution in [0.15, 0.2) is 76.6 Å². The zero-order valence-corrected chi connectivity index (χ0v) is 15.3. The largest absolute Gasteiger partial charge is 0.306 e. The van der Waals surface area contributed by atoms with Crippen molar-refractivity contribution in [2.75, 3.05) is 0 Å². The molecule has 0 unspecified atom stereocenters. The summed E-state index contributed by atoms with van der Waals surface area (Å²) in [6.07, 6.45) is 5.28. The molecule has 1 N–H and O–H groups in total. The van der Waals surface area contributed by atoms with Gasteiger partial charge in [0.05, 0.1) is 11.2 Å². The molecule has 3 rings (SSSR count). The van der Waals surface area contributed by atoms with E-state index in [0.29, 0.717) is 0 Å². The molecule has 0 saturated carbocycles. The average Bonchev–Trinajstić information content (AvgIpc) is 3.09. The van der Waals surface area contributed by atoms with Gasteiger partial charge in [-0.15, -0.1) is 0 Å². The highest BCUT2D eigenvalue weighted by molar-refractivity contribution is 9.10. The van der Waals surface area contributed by atoms with E-state index in [1.165, 1.54) is 0 Å². The van der Waals surface area contributed by atoms with Gasteiger partial charge >= 0.3 is 0 Å². The van der Waals surface area contributed by atoms with Gasteiger partial charge in [-0.25, -0.2) is 18.1 Å². The molecule has 0 fully saturated rings. The molecule has 5 nitrogen and oxygen atoms in total. The molecule has 0 spiro atoms. The standard InChI is InChI=1S/C17H16BrN3O2S/c1-13(20-24(22,23)17-4-2-3-15(18)11-17)14-5-7-16(8-6-14)21-10-9-19-12-21/h2-13,20H,1H3/t13-/m1/s1. The maximum atomic E-state index is 12.5. The third kappa shape index (κ3) is 3.75. The molecule has 7 heteroatoms. The van der Waals surface area contributed by atoms with E-state index >= 15 is 0 Å². The predicted octanol–water partition coefficient (Wildman–Crippen LogP) is 3.67. The van der Waals surface area contributed by atoms with Crippen molar-refractivity contribution in [3.8, 4) is 5.69 Å². The van der Waals surface area contributed by atoms with Crippen molar-refractivity contribution in [3.63, 3.8) is 0 Å². The van der Waals surface area contributed by atoms with E-state index in [9.17, 15) is 8.42 Å². The molecule has 1 heterocycles. The van der Waals surface area contributed by atoms with Crippen LogP contribution >= 0.6 is 15.9 Å². The second kappa shape index (κ2) is 6.88. The average molecular weight is 406 g/mol. The number of imidazole rings is 1. The molecule has 1 aromatic heterocycles. The Morgan fingerprint density at radius 1 is 1.17 bits per heavy atom. The van der Waals surface area contributed by atoms with Crippen LogP contribution in [0.5, 0.6) is 0 Å². The van der Waals surface area contributed by atoms with Crippen molar-refractivity contribution < 1.29 is 8.42 Å². The Labute approximate surface area is 149 Å². The number of nitrogens with zero attached hydrogens (tertiary/aromatic N) is 2. The molecule has 0 bridgehead atoms. The van der Waals surface area contributed by atoms with E-state index in [1.54, 1.807) is 36.8 Å². The first kappa shape index (κ1) is 16.9. The number of aromatic nitrogens is 2. The van der Waals surface area contributed by atoms with Gasteiger partial charge < -0.3 is 4.57 Å². The summed E-state index contributed by atoms with van der Waals surface area (Å²) in [4.78, 5) is 4.25. The zero-order chi connectivity index (χ0) is 17.2. The maximum absolute atomic E-state index is 12.5. The van der Waals surface area contributed by atoms with E-state index in [0.717, 1.165) is 15.7 Å². The van der Waals surface area contributed by atoms with Gasteiger partial charge in [-0.05, 0) is 42.8 Å². The Kier molecular flexibility index (Phi) is 4.84. The lowest BCUT2D eigenvalue weighted by Crippen LogP contribution is -2.26. The molecule has 1 atom stereocenters. The minimum atomic E-state index is -3.58. The van der Waals surface area contributed by atoms with E-state index in [4.69, 9.17) is 0 Å². The minimum absolute atomic E-state index is 0.235. The van der Waals surface area contributed by atoms with E-state index in [2.05, 4.69) is 25.6 Å². The number of rotatable bonds is 5. The summed E-state index contributed by atoms with van der Waals surface area (Å²) in [7, 11) is -3.58. The summed E-state index contributed by atoms with van der Waals surface area (Å²) < 4.78 is 30.3. The highest BCUT2D eigenvalue weighted by Crippen LogP contribution is 2.20. The van der Waals surface area contributed by atoms with Crippen LogP contribution in [0.4, 0.5) is 0 Å². The Balaban J connectivity index is 1.78. The molecular weight excluding hydrogens is 390 g/mol.